The molecular weight excluding hydrogens is 299 g/mol. The van der Waals surface area contributed by atoms with E-state index in [1.807, 2.05) is 0 Å². The molecule has 0 aliphatic heterocycles. The number of nitrogens with zero attached hydrogens (tertiary/aromatic N) is 1. The molecule has 1 aromatic heterocycles. The summed E-state index contributed by atoms with van der Waals surface area (Å²) < 4.78 is 5.51. The van der Waals surface area contributed by atoms with Gasteiger partial charge in [0, 0.05) is 16.7 Å². The molecule has 1 heterocycles. The zero-order valence-electron chi connectivity index (χ0n) is 10.1. The van der Waals surface area contributed by atoms with E-state index in [-0.39, 0.29) is 5.57 Å². The van der Waals surface area contributed by atoms with Crippen LogP contribution < -0.4 is 5.73 Å². The number of hydrogen-bond donors (Lipinski definition) is 1. The van der Waals surface area contributed by atoms with E-state index in [9.17, 15) is 4.79 Å². The van der Waals surface area contributed by atoms with Gasteiger partial charge < -0.3 is 10.2 Å². The summed E-state index contributed by atoms with van der Waals surface area (Å²) in [6, 6.07) is 9.95. The number of nitrogens with two attached hydrogens (primary N) is 1. The summed E-state index contributed by atoms with van der Waals surface area (Å²) in [6.45, 7) is 0. The van der Waals surface area contributed by atoms with Crippen molar-refractivity contribution in [1.29, 1.82) is 5.26 Å². The van der Waals surface area contributed by atoms with Gasteiger partial charge in [0.25, 0.3) is 5.91 Å². The summed E-state index contributed by atoms with van der Waals surface area (Å²) in [5.74, 6) is -0.0110. The van der Waals surface area contributed by atoms with Gasteiger partial charge in [0.15, 0.2) is 0 Å². The molecule has 0 saturated carbocycles. The number of amides is 1. The van der Waals surface area contributed by atoms with Crippen molar-refractivity contribution in [1.82, 2.24) is 0 Å². The van der Waals surface area contributed by atoms with Gasteiger partial charge in [-0.3, -0.25) is 4.79 Å². The number of hydrogen-bond acceptors (Lipinski definition) is 3. The van der Waals surface area contributed by atoms with E-state index in [4.69, 9.17) is 38.6 Å². The van der Waals surface area contributed by atoms with Crippen LogP contribution in [0.25, 0.3) is 17.4 Å². The van der Waals surface area contributed by atoms with Crippen LogP contribution in [0.1, 0.15) is 5.76 Å². The first-order valence-corrected chi connectivity index (χ1v) is 6.23. The maximum absolute atomic E-state index is 11.0. The van der Waals surface area contributed by atoms with Crippen LogP contribution in [-0.2, 0) is 4.79 Å². The van der Waals surface area contributed by atoms with Crippen LogP contribution in [0.3, 0.4) is 0 Å². The first-order valence-electron chi connectivity index (χ1n) is 5.48. The number of halogens is 2. The number of carbonyl (C=O) groups excluding carboxylic acids is 1. The molecule has 6 heteroatoms. The maximum atomic E-state index is 11.0. The molecule has 1 aromatic carbocycles. The molecule has 0 aliphatic rings. The van der Waals surface area contributed by atoms with Crippen LogP contribution in [0.15, 0.2) is 40.3 Å². The van der Waals surface area contributed by atoms with E-state index in [0.717, 1.165) is 0 Å². The highest BCUT2D eigenvalue weighted by Gasteiger charge is 2.10. The minimum Gasteiger partial charge on any atom is -0.457 e. The number of primary amides is 1. The Morgan fingerprint density at radius 2 is 2.05 bits per heavy atom. The Morgan fingerprint density at radius 1 is 1.30 bits per heavy atom. The van der Waals surface area contributed by atoms with Crippen LogP contribution in [0, 0.1) is 11.3 Å². The Hall–Kier alpha value is -2.22. The summed E-state index contributed by atoms with van der Waals surface area (Å²) in [4.78, 5) is 11.0. The van der Waals surface area contributed by atoms with Crippen molar-refractivity contribution in [2.24, 2.45) is 5.73 Å². The summed E-state index contributed by atoms with van der Waals surface area (Å²) in [6.07, 6.45) is 1.27. The van der Waals surface area contributed by atoms with Gasteiger partial charge in [-0.1, -0.05) is 23.2 Å². The van der Waals surface area contributed by atoms with Gasteiger partial charge >= 0.3 is 0 Å². The summed E-state index contributed by atoms with van der Waals surface area (Å²) in [5.41, 5.74) is 5.48. The van der Waals surface area contributed by atoms with Crippen LogP contribution in [0.4, 0.5) is 0 Å². The zero-order chi connectivity index (χ0) is 14.7. The van der Waals surface area contributed by atoms with Crippen molar-refractivity contribution in [3.63, 3.8) is 0 Å². The largest absolute Gasteiger partial charge is 0.457 e. The SMILES string of the molecule is N#C/C(=C\c1ccc(-c2cc(Cl)ccc2Cl)o1)C(N)=O. The van der Waals surface area contributed by atoms with Crippen LogP contribution in [-0.4, -0.2) is 5.91 Å². The highest BCUT2D eigenvalue weighted by atomic mass is 35.5. The van der Waals surface area contributed by atoms with E-state index < -0.39 is 5.91 Å². The van der Waals surface area contributed by atoms with Crippen molar-refractivity contribution in [2.45, 2.75) is 0 Å². The fraction of sp³-hybridized carbons (Fsp3) is 0. The number of furan rings is 1. The average molecular weight is 307 g/mol. The van der Waals surface area contributed by atoms with Crippen molar-refractivity contribution in [3.8, 4) is 17.4 Å². The lowest BCUT2D eigenvalue weighted by Crippen LogP contribution is -2.12. The lowest BCUT2D eigenvalue weighted by Gasteiger charge is -2.01. The van der Waals surface area contributed by atoms with Crippen molar-refractivity contribution in [3.05, 3.63) is 51.7 Å². The lowest BCUT2D eigenvalue weighted by molar-refractivity contribution is -0.114. The predicted molar refractivity (Wildman–Crippen MR) is 76.9 cm³/mol. The first kappa shape index (κ1) is 14.2. The second kappa shape index (κ2) is 5.83. The minimum atomic E-state index is -0.814. The summed E-state index contributed by atoms with van der Waals surface area (Å²) >= 11 is 12.0. The Balaban J connectivity index is 2.42. The van der Waals surface area contributed by atoms with Crippen molar-refractivity contribution < 1.29 is 9.21 Å². The van der Waals surface area contributed by atoms with Gasteiger partial charge in [0.2, 0.25) is 0 Å². The molecule has 0 spiro atoms. The number of benzene rings is 1. The lowest BCUT2D eigenvalue weighted by atomic mass is 10.2. The van der Waals surface area contributed by atoms with E-state index in [1.54, 1.807) is 36.4 Å². The monoisotopic (exact) mass is 306 g/mol. The highest BCUT2D eigenvalue weighted by Crippen LogP contribution is 2.32. The predicted octanol–water partition coefficient (Wildman–Crippen LogP) is 3.65. The fourth-order valence-electron chi connectivity index (χ4n) is 1.56. The van der Waals surface area contributed by atoms with Gasteiger partial charge in [-0.2, -0.15) is 5.26 Å². The molecule has 0 fully saturated rings. The maximum Gasteiger partial charge on any atom is 0.259 e. The van der Waals surface area contributed by atoms with E-state index in [1.165, 1.54) is 6.08 Å². The van der Waals surface area contributed by atoms with E-state index in [2.05, 4.69) is 0 Å². The first-order chi connectivity index (χ1) is 9.51. The Labute approximate surface area is 125 Å². The summed E-state index contributed by atoms with van der Waals surface area (Å²) in [5, 5.41) is 9.77. The van der Waals surface area contributed by atoms with Crippen LogP contribution in [0.2, 0.25) is 10.0 Å². The Morgan fingerprint density at radius 3 is 2.70 bits per heavy atom. The molecule has 0 saturated heterocycles. The van der Waals surface area contributed by atoms with Crippen LogP contribution >= 0.6 is 23.2 Å². The van der Waals surface area contributed by atoms with Crippen LogP contribution in [0.5, 0.6) is 0 Å². The van der Waals surface area contributed by atoms with Crippen molar-refractivity contribution in [2.75, 3.05) is 0 Å². The second-order valence-electron chi connectivity index (χ2n) is 3.86. The molecule has 0 radical (unpaired) electrons. The molecule has 1 amide bonds. The average Bonchev–Trinajstić information content (AvgIpc) is 2.86. The van der Waals surface area contributed by atoms with Gasteiger partial charge in [0.1, 0.15) is 23.2 Å². The summed E-state index contributed by atoms with van der Waals surface area (Å²) in [7, 11) is 0. The molecule has 4 nitrogen and oxygen atoms in total. The highest BCUT2D eigenvalue weighted by molar-refractivity contribution is 6.35. The molecule has 20 heavy (non-hydrogen) atoms. The van der Waals surface area contributed by atoms with E-state index >= 15 is 0 Å². The molecule has 0 unspecified atom stereocenters. The number of nitriles is 1. The van der Waals surface area contributed by atoms with Crippen molar-refractivity contribution >= 4 is 35.2 Å². The van der Waals surface area contributed by atoms with Gasteiger partial charge in [-0.15, -0.1) is 0 Å². The topological polar surface area (TPSA) is 80.0 Å². The Kier molecular flexibility index (Phi) is 4.14. The Bertz CT molecular complexity index is 742. The second-order valence-corrected chi connectivity index (χ2v) is 4.70. The smallest absolute Gasteiger partial charge is 0.259 e. The number of carbonyl (C=O) groups is 1. The molecule has 0 bridgehead atoms. The van der Waals surface area contributed by atoms with E-state index in [0.29, 0.717) is 27.1 Å². The standard InChI is InChI=1S/C14H8Cl2N2O2/c15-9-1-3-12(16)11(6-9)13-4-2-10(20-13)5-8(7-17)14(18)19/h1-6H,(H2,18,19)/b8-5+. The normalized spacial score (nSPS) is 11.2. The third kappa shape index (κ3) is 3.02. The molecular formula is C14H8Cl2N2O2. The molecule has 0 atom stereocenters. The minimum absolute atomic E-state index is 0.192. The fourth-order valence-corrected chi connectivity index (χ4v) is 1.95. The third-order valence-electron chi connectivity index (χ3n) is 2.49. The molecule has 0 aliphatic carbocycles. The van der Waals surface area contributed by atoms with Gasteiger partial charge in [0.05, 0.1) is 5.02 Å². The zero-order valence-corrected chi connectivity index (χ0v) is 11.6. The molecule has 100 valence electrons. The van der Waals surface area contributed by atoms with Gasteiger partial charge in [-0.05, 0) is 30.3 Å². The number of rotatable bonds is 3. The third-order valence-corrected chi connectivity index (χ3v) is 3.06. The molecule has 2 rings (SSSR count). The van der Waals surface area contributed by atoms with Gasteiger partial charge in [-0.25, -0.2) is 0 Å². The quantitative estimate of drug-likeness (QED) is 0.694. The molecule has 2 aromatic rings. The molecule has 2 N–H and O–H groups in total.